The van der Waals surface area contributed by atoms with Gasteiger partial charge in [-0.1, -0.05) is 61.4 Å². The van der Waals surface area contributed by atoms with E-state index in [9.17, 15) is 14.0 Å². The molecule has 1 aliphatic carbocycles. The summed E-state index contributed by atoms with van der Waals surface area (Å²) < 4.78 is 14.2. The Labute approximate surface area is 165 Å². The van der Waals surface area contributed by atoms with Crippen molar-refractivity contribution in [1.82, 2.24) is 10.2 Å². The molecule has 0 radical (unpaired) electrons. The van der Waals surface area contributed by atoms with Crippen molar-refractivity contribution in [2.45, 2.75) is 57.7 Å². The predicted molar refractivity (Wildman–Crippen MR) is 107 cm³/mol. The average Bonchev–Trinajstić information content (AvgIpc) is 3.20. The minimum Gasteiger partial charge on any atom is -0.352 e. The third-order valence-corrected chi connectivity index (χ3v) is 5.37. The van der Waals surface area contributed by atoms with Gasteiger partial charge in [0.05, 0.1) is 6.42 Å². The molecule has 1 atom stereocenters. The number of hydrogen-bond donors (Lipinski definition) is 1. The van der Waals surface area contributed by atoms with Crippen LogP contribution in [0, 0.1) is 5.82 Å². The van der Waals surface area contributed by atoms with E-state index >= 15 is 0 Å². The summed E-state index contributed by atoms with van der Waals surface area (Å²) in [6.45, 7) is 1.78. The van der Waals surface area contributed by atoms with Gasteiger partial charge in [-0.2, -0.15) is 0 Å². The second-order valence-corrected chi connectivity index (χ2v) is 7.44. The summed E-state index contributed by atoms with van der Waals surface area (Å²) in [5, 5.41) is 3.05. The van der Waals surface area contributed by atoms with Gasteiger partial charge in [-0.15, -0.1) is 0 Å². The van der Waals surface area contributed by atoms with Crippen LogP contribution in [0.15, 0.2) is 54.6 Å². The van der Waals surface area contributed by atoms with E-state index in [1.54, 1.807) is 25.1 Å². The maximum Gasteiger partial charge on any atom is 0.242 e. The highest BCUT2D eigenvalue weighted by Crippen LogP contribution is 2.19. The Kier molecular flexibility index (Phi) is 6.80. The molecule has 148 valence electrons. The SMILES string of the molecule is C[C@@H](C(=O)NC1CCCC1)N(Cc1ccccc1F)C(=O)Cc1ccccc1. The highest BCUT2D eigenvalue weighted by Gasteiger charge is 2.28. The summed E-state index contributed by atoms with van der Waals surface area (Å²) in [7, 11) is 0. The van der Waals surface area contributed by atoms with Gasteiger partial charge < -0.3 is 10.2 Å². The van der Waals surface area contributed by atoms with Crippen LogP contribution in [0.4, 0.5) is 4.39 Å². The van der Waals surface area contributed by atoms with E-state index in [1.165, 1.54) is 11.0 Å². The highest BCUT2D eigenvalue weighted by atomic mass is 19.1. The number of carbonyl (C=O) groups is 2. The number of benzene rings is 2. The number of carbonyl (C=O) groups excluding carboxylic acids is 2. The van der Waals surface area contributed by atoms with E-state index < -0.39 is 6.04 Å². The zero-order valence-corrected chi connectivity index (χ0v) is 16.2. The molecule has 0 heterocycles. The van der Waals surface area contributed by atoms with Crippen molar-refractivity contribution in [3.8, 4) is 0 Å². The van der Waals surface area contributed by atoms with Crippen molar-refractivity contribution in [2.75, 3.05) is 0 Å². The molecule has 2 amide bonds. The lowest BCUT2D eigenvalue weighted by Gasteiger charge is -2.30. The van der Waals surface area contributed by atoms with Crippen molar-refractivity contribution in [3.63, 3.8) is 0 Å². The van der Waals surface area contributed by atoms with Crippen LogP contribution < -0.4 is 5.32 Å². The molecule has 3 rings (SSSR count). The number of hydrogen-bond acceptors (Lipinski definition) is 2. The van der Waals surface area contributed by atoms with Crippen LogP contribution in [-0.4, -0.2) is 28.8 Å². The van der Waals surface area contributed by atoms with Gasteiger partial charge in [0.2, 0.25) is 11.8 Å². The number of amides is 2. The predicted octanol–water partition coefficient (Wildman–Crippen LogP) is 3.84. The normalized spacial score (nSPS) is 15.2. The lowest BCUT2D eigenvalue weighted by Crippen LogP contribution is -2.50. The van der Waals surface area contributed by atoms with Crippen LogP contribution in [0.5, 0.6) is 0 Å². The van der Waals surface area contributed by atoms with E-state index in [0.29, 0.717) is 5.56 Å². The maximum atomic E-state index is 14.2. The van der Waals surface area contributed by atoms with Crippen LogP contribution in [0.25, 0.3) is 0 Å². The topological polar surface area (TPSA) is 49.4 Å². The molecule has 0 aromatic heterocycles. The van der Waals surface area contributed by atoms with Gasteiger partial charge in [-0.3, -0.25) is 9.59 Å². The fourth-order valence-electron chi connectivity index (χ4n) is 3.66. The van der Waals surface area contributed by atoms with Crippen LogP contribution in [0.1, 0.15) is 43.7 Å². The Bertz CT molecular complexity index is 803. The molecule has 1 saturated carbocycles. The maximum absolute atomic E-state index is 14.2. The van der Waals surface area contributed by atoms with Crippen molar-refractivity contribution in [2.24, 2.45) is 0 Å². The monoisotopic (exact) mass is 382 g/mol. The zero-order chi connectivity index (χ0) is 19.9. The average molecular weight is 382 g/mol. The van der Waals surface area contributed by atoms with Gasteiger partial charge in [0.1, 0.15) is 11.9 Å². The molecule has 1 aliphatic rings. The van der Waals surface area contributed by atoms with Crippen LogP contribution in [-0.2, 0) is 22.6 Å². The Morgan fingerprint density at radius 3 is 2.39 bits per heavy atom. The van der Waals surface area contributed by atoms with Crippen molar-refractivity contribution >= 4 is 11.8 Å². The summed E-state index contributed by atoms with van der Waals surface area (Å²) in [5.41, 5.74) is 1.28. The molecule has 2 aromatic carbocycles. The van der Waals surface area contributed by atoms with E-state index in [4.69, 9.17) is 0 Å². The van der Waals surface area contributed by atoms with Gasteiger partial charge in [-0.05, 0) is 31.4 Å². The van der Waals surface area contributed by atoms with E-state index in [2.05, 4.69) is 5.32 Å². The smallest absolute Gasteiger partial charge is 0.242 e. The Hall–Kier alpha value is -2.69. The first kappa shape index (κ1) is 20.1. The molecular weight excluding hydrogens is 355 g/mol. The Morgan fingerprint density at radius 2 is 1.71 bits per heavy atom. The summed E-state index contributed by atoms with van der Waals surface area (Å²) in [6.07, 6.45) is 4.36. The van der Waals surface area contributed by atoms with Gasteiger partial charge in [-0.25, -0.2) is 4.39 Å². The minimum absolute atomic E-state index is 0.0671. The van der Waals surface area contributed by atoms with Gasteiger partial charge in [0, 0.05) is 18.2 Å². The zero-order valence-electron chi connectivity index (χ0n) is 16.2. The second-order valence-electron chi connectivity index (χ2n) is 7.44. The minimum atomic E-state index is -0.670. The molecular formula is C23H27FN2O2. The standard InChI is InChI=1S/C23H27FN2O2/c1-17(23(28)25-20-12-6-7-13-20)26(16-19-11-5-8-14-21(19)24)22(27)15-18-9-3-2-4-10-18/h2-5,8-11,14,17,20H,6-7,12-13,15-16H2,1H3,(H,25,28)/t17-/m0/s1. The van der Waals surface area contributed by atoms with Crippen LogP contribution in [0.3, 0.4) is 0 Å². The Balaban J connectivity index is 1.77. The van der Waals surface area contributed by atoms with E-state index in [1.807, 2.05) is 30.3 Å². The quantitative estimate of drug-likeness (QED) is 0.791. The third-order valence-electron chi connectivity index (χ3n) is 5.37. The Morgan fingerprint density at radius 1 is 1.07 bits per heavy atom. The van der Waals surface area contributed by atoms with Gasteiger partial charge in [0.15, 0.2) is 0 Å². The number of nitrogens with one attached hydrogen (secondary N) is 1. The molecule has 2 aromatic rings. The molecule has 0 saturated heterocycles. The molecule has 0 bridgehead atoms. The summed E-state index contributed by atoms with van der Waals surface area (Å²) in [5.74, 6) is -0.739. The number of rotatable bonds is 7. The summed E-state index contributed by atoms with van der Waals surface area (Å²) in [6, 6.07) is 15.3. The molecule has 1 fully saturated rings. The molecule has 0 unspecified atom stereocenters. The largest absolute Gasteiger partial charge is 0.352 e. The van der Waals surface area contributed by atoms with Crippen LogP contribution >= 0.6 is 0 Å². The van der Waals surface area contributed by atoms with Crippen LogP contribution in [0.2, 0.25) is 0 Å². The molecule has 0 spiro atoms. The van der Waals surface area contributed by atoms with Gasteiger partial charge >= 0.3 is 0 Å². The lowest BCUT2D eigenvalue weighted by molar-refractivity contribution is -0.140. The lowest BCUT2D eigenvalue weighted by atomic mass is 10.1. The van der Waals surface area contributed by atoms with Crippen molar-refractivity contribution in [3.05, 3.63) is 71.5 Å². The molecule has 1 N–H and O–H groups in total. The first-order chi connectivity index (χ1) is 13.5. The second kappa shape index (κ2) is 9.49. The summed E-state index contributed by atoms with van der Waals surface area (Å²) in [4.78, 5) is 27.3. The third kappa shape index (κ3) is 5.18. The fraction of sp³-hybridized carbons (Fsp3) is 0.391. The van der Waals surface area contributed by atoms with Crippen molar-refractivity contribution in [1.29, 1.82) is 0 Å². The molecule has 4 nitrogen and oxygen atoms in total. The fourth-order valence-corrected chi connectivity index (χ4v) is 3.66. The van der Waals surface area contributed by atoms with E-state index in [0.717, 1.165) is 31.2 Å². The first-order valence-electron chi connectivity index (χ1n) is 9.92. The highest BCUT2D eigenvalue weighted by molar-refractivity contribution is 5.88. The first-order valence-corrected chi connectivity index (χ1v) is 9.92. The number of nitrogens with zero attached hydrogens (tertiary/aromatic N) is 1. The molecule has 28 heavy (non-hydrogen) atoms. The molecule has 5 heteroatoms. The molecule has 0 aliphatic heterocycles. The van der Waals surface area contributed by atoms with Gasteiger partial charge in [0.25, 0.3) is 0 Å². The summed E-state index contributed by atoms with van der Waals surface area (Å²) >= 11 is 0. The number of halogens is 1. The van der Waals surface area contributed by atoms with E-state index in [-0.39, 0.29) is 36.6 Å². The van der Waals surface area contributed by atoms with Crippen molar-refractivity contribution < 1.29 is 14.0 Å².